The van der Waals surface area contributed by atoms with Crippen molar-refractivity contribution in [3.63, 3.8) is 0 Å². The number of carbonyl (C=O) groups is 2. The number of carbonyl (C=O) groups excluding carboxylic acids is 2. The number of anilines is 1. The van der Waals surface area contributed by atoms with E-state index in [1.807, 2.05) is 55.5 Å². The highest BCUT2D eigenvalue weighted by molar-refractivity contribution is 5.92. The van der Waals surface area contributed by atoms with E-state index >= 15 is 0 Å². The van der Waals surface area contributed by atoms with Crippen LogP contribution in [0.3, 0.4) is 0 Å². The van der Waals surface area contributed by atoms with Crippen LogP contribution in [0.5, 0.6) is 5.75 Å². The van der Waals surface area contributed by atoms with Gasteiger partial charge in [-0.05, 0) is 48.2 Å². The van der Waals surface area contributed by atoms with Crippen LogP contribution in [-0.2, 0) is 14.3 Å². The van der Waals surface area contributed by atoms with Crippen molar-refractivity contribution in [1.29, 1.82) is 0 Å². The third-order valence-electron chi connectivity index (χ3n) is 3.79. The van der Waals surface area contributed by atoms with Crippen molar-refractivity contribution in [3.8, 4) is 5.75 Å². The first kappa shape index (κ1) is 19.5. The first-order chi connectivity index (χ1) is 12.4. The van der Waals surface area contributed by atoms with E-state index in [9.17, 15) is 9.59 Å². The number of hydrogen-bond donors (Lipinski definition) is 1. The number of benzene rings is 2. The molecule has 0 saturated heterocycles. The summed E-state index contributed by atoms with van der Waals surface area (Å²) in [5.41, 5.74) is 2.96. The summed E-state index contributed by atoms with van der Waals surface area (Å²) in [5, 5.41) is 2.70. The zero-order chi connectivity index (χ0) is 18.9. The number of hydrogen-bond acceptors (Lipinski definition) is 4. The van der Waals surface area contributed by atoms with Crippen molar-refractivity contribution < 1.29 is 19.1 Å². The van der Waals surface area contributed by atoms with Gasteiger partial charge >= 0.3 is 5.97 Å². The molecule has 0 fully saturated rings. The number of esters is 1. The van der Waals surface area contributed by atoms with Crippen LogP contribution in [-0.4, -0.2) is 25.1 Å². The van der Waals surface area contributed by atoms with Crippen LogP contribution >= 0.6 is 0 Å². The smallest absolute Gasteiger partial charge is 0.309 e. The van der Waals surface area contributed by atoms with Crippen molar-refractivity contribution >= 4 is 17.6 Å². The van der Waals surface area contributed by atoms with E-state index in [0.29, 0.717) is 17.4 Å². The van der Waals surface area contributed by atoms with Crippen LogP contribution in [0.4, 0.5) is 5.69 Å². The first-order valence-electron chi connectivity index (χ1n) is 8.69. The molecule has 0 radical (unpaired) electrons. The van der Waals surface area contributed by atoms with E-state index in [-0.39, 0.29) is 25.5 Å². The molecule has 26 heavy (non-hydrogen) atoms. The third kappa shape index (κ3) is 6.59. The predicted molar refractivity (Wildman–Crippen MR) is 101 cm³/mol. The van der Waals surface area contributed by atoms with Gasteiger partial charge in [0.2, 0.25) is 0 Å². The van der Waals surface area contributed by atoms with Crippen LogP contribution < -0.4 is 10.1 Å². The van der Waals surface area contributed by atoms with Gasteiger partial charge in [0, 0.05) is 5.69 Å². The molecular formula is C21H25NO4. The van der Waals surface area contributed by atoms with Crippen molar-refractivity contribution in [3.05, 3.63) is 59.7 Å². The minimum absolute atomic E-state index is 0.0876. The van der Waals surface area contributed by atoms with Gasteiger partial charge in [0.1, 0.15) is 5.75 Å². The Balaban J connectivity index is 1.67. The highest BCUT2D eigenvalue weighted by atomic mass is 16.5. The molecule has 2 rings (SSSR count). The summed E-state index contributed by atoms with van der Waals surface area (Å²) in [6, 6.07) is 15.2. The quantitative estimate of drug-likeness (QED) is 0.725. The molecule has 5 nitrogen and oxygen atoms in total. The van der Waals surface area contributed by atoms with Gasteiger partial charge in [-0.2, -0.15) is 0 Å². The molecule has 1 amide bonds. The maximum Gasteiger partial charge on any atom is 0.309 e. The van der Waals surface area contributed by atoms with E-state index in [2.05, 4.69) is 19.2 Å². The molecule has 5 heteroatoms. The zero-order valence-corrected chi connectivity index (χ0v) is 15.5. The summed E-state index contributed by atoms with van der Waals surface area (Å²) in [7, 11) is 0. The number of rotatable bonds is 8. The molecule has 2 aromatic rings. The fourth-order valence-electron chi connectivity index (χ4n) is 2.32. The van der Waals surface area contributed by atoms with Gasteiger partial charge < -0.3 is 14.8 Å². The van der Waals surface area contributed by atoms with E-state index in [1.165, 1.54) is 5.56 Å². The van der Waals surface area contributed by atoms with Crippen LogP contribution in [0.15, 0.2) is 48.5 Å². The average Bonchev–Trinajstić information content (AvgIpc) is 2.60. The fourth-order valence-corrected chi connectivity index (χ4v) is 2.32. The molecule has 0 saturated carbocycles. The number of aryl methyl sites for hydroxylation is 1. The minimum atomic E-state index is -0.469. The third-order valence-corrected chi connectivity index (χ3v) is 3.79. The minimum Gasteiger partial charge on any atom is -0.493 e. The lowest BCUT2D eigenvalue weighted by Crippen LogP contribution is -2.21. The lowest BCUT2D eigenvalue weighted by Gasteiger charge is -2.09. The van der Waals surface area contributed by atoms with Crippen LogP contribution in [0.2, 0.25) is 0 Å². The fraction of sp³-hybridized carbons (Fsp3) is 0.333. The van der Waals surface area contributed by atoms with Gasteiger partial charge in [0.25, 0.3) is 5.91 Å². The number of nitrogens with one attached hydrogen (secondary N) is 1. The van der Waals surface area contributed by atoms with Crippen LogP contribution in [0, 0.1) is 6.92 Å². The summed E-state index contributed by atoms with van der Waals surface area (Å²) in [6.45, 7) is 6.08. The van der Waals surface area contributed by atoms with Gasteiger partial charge in [-0.3, -0.25) is 9.59 Å². The first-order valence-corrected chi connectivity index (χ1v) is 8.69. The molecule has 2 aromatic carbocycles. The average molecular weight is 355 g/mol. The standard InChI is InChI=1S/C21H25NO4/c1-15(2)17-7-9-18(10-8-17)22-20(23)14-26-21(24)11-12-25-19-6-4-5-16(3)13-19/h4-10,13,15H,11-12,14H2,1-3H3,(H,22,23). The van der Waals surface area contributed by atoms with Crippen molar-refractivity contribution in [2.75, 3.05) is 18.5 Å². The van der Waals surface area contributed by atoms with Crippen molar-refractivity contribution in [2.45, 2.75) is 33.1 Å². The Morgan fingerprint density at radius 3 is 2.46 bits per heavy atom. The van der Waals surface area contributed by atoms with Crippen LogP contribution in [0.25, 0.3) is 0 Å². The van der Waals surface area contributed by atoms with Gasteiger partial charge in [0.15, 0.2) is 6.61 Å². The molecule has 0 spiro atoms. The van der Waals surface area contributed by atoms with E-state index in [1.54, 1.807) is 0 Å². The van der Waals surface area contributed by atoms with Crippen molar-refractivity contribution in [2.24, 2.45) is 0 Å². The summed E-state index contributed by atoms with van der Waals surface area (Å²) >= 11 is 0. The predicted octanol–water partition coefficient (Wildman–Crippen LogP) is 4.07. The largest absolute Gasteiger partial charge is 0.493 e. The molecule has 0 bridgehead atoms. The van der Waals surface area contributed by atoms with E-state index in [0.717, 1.165) is 5.56 Å². The molecule has 138 valence electrons. The Morgan fingerprint density at radius 2 is 1.81 bits per heavy atom. The topological polar surface area (TPSA) is 64.6 Å². The monoisotopic (exact) mass is 355 g/mol. The lowest BCUT2D eigenvalue weighted by molar-refractivity contribution is -0.147. The zero-order valence-electron chi connectivity index (χ0n) is 15.5. The molecule has 0 unspecified atom stereocenters. The normalized spacial score (nSPS) is 10.5. The Labute approximate surface area is 154 Å². The number of ether oxygens (including phenoxy) is 2. The van der Waals surface area contributed by atoms with E-state index in [4.69, 9.17) is 9.47 Å². The van der Waals surface area contributed by atoms with Gasteiger partial charge in [-0.1, -0.05) is 38.1 Å². The van der Waals surface area contributed by atoms with Gasteiger partial charge in [-0.25, -0.2) is 0 Å². The van der Waals surface area contributed by atoms with Crippen LogP contribution in [0.1, 0.15) is 37.3 Å². The maximum absolute atomic E-state index is 11.8. The highest BCUT2D eigenvalue weighted by Gasteiger charge is 2.09. The second-order valence-corrected chi connectivity index (χ2v) is 6.40. The Hall–Kier alpha value is -2.82. The SMILES string of the molecule is Cc1cccc(OCCC(=O)OCC(=O)Nc2ccc(C(C)C)cc2)c1. The molecule has 1 N–H and O–H groups in total. The van der Waals surface area contributed by atoms with Gasteiger partial charge in [-0.15, -0.1) is 0 Å². The Bertz CT molecular complexity index is 738. The Kier molecular flexibility index (Phi) is 7.21. The molecule has 0 aliphatic rings. The van der Waals surface area contributed by atoms with Gasteiger partial charge in [0.05, 0.1) is 13.0 Å². The second kappa shape index (κ2) is 9.61. The molecule has 0 aromatic heterocycles. The molecular weight excluding hydrogens is 330 g/mol. The summed E-state index contributed by atoms with van der Waals surface area (Å²) in [4.78, 5) is 23.5. The summed E-state index contributed by atoms with van der Waals surface area (Å²) in [6.07, 6.45) is 0.0876. The van der Waals surface area contributed by atoms with E-state index < -0.39 is 5.97 Å². The second-order valence-electron chi connectivity index (χ2n) is 6.40. The Morgan fingerprint density at radius 1 is 1.08 bits per heavy atom. The molecule has 0 heterocycles. The molecule has 0 aliphatic heterocycles. The number of amides is 1. The molecule has 0 aliphatic carbocycles. The lowest BCUT2D eigenvalue weighted by atomic mass is 10.0. The highest BCUT2D eigenvalue weighted by Crippen LogP contribution is 2.17. The summed E-state index contributed by atoms with van der Waals surface area (Å²) in [5.74, 6) is 0.307. The summed E-state index contributed by atoms with van der Waals surface area (Å²) < 4.78 is 10.5. The molecule has 0 atom stereocenters. The maximum atomic E-state index is 11.8. The van der Waals surface area contributed by atoms with Crippen molar-refractivity contribution in [1.82, 2.24) is 0 Å².